The molecule has 0 saturated carbocycles. The highest BCUT2D eigenvalue weighted by Gasteiger charge is 2.12. The molecule has 0 aliphatic heterocycles. The molecule has 0 bridgehead atoms. The normalized spacial score (nSPS) is 10.8. The third kappa shape index (κ3) is 8.05. The molecule has 0 amide bonds. The van der Waals surface area contributed by atoms with Gasteiger partial charge in [-0.2, -0.15) is 0 Å². The van der Waals surface area contributed by atoms with E-state index in [4.69, 9.17) is 0 Å². The summed E-state index contributed by atoms with van der Waals surface area (Å²) < 4.78 is 0. The Kier molecular flexibility index (Phi) is 10.6. The number of thiophene rings is 2. The summed E-state index contributed by atoms with van der Waals surface area (Å²) in [4.78, 5) is 13.6. The van der Waals surface area contributed by atoms with Crippen LogP contribution in [0.5, 0.6) is 0 Å². The van der Waals surface area contributed by atoms with Crippen molar-refractivity contribution < 1.29 is 0 Å². The fourth-order valence-corrected chi connectivity index (χ4v) is 7.83. The van der Waals surface area contributed by atoms with Gasteiger partial charge in [-0.05, 0) is 118 Å². The van der Waals surface area contributed by atoms with Crippen molar-refractivity contribution in [1.82, 2.24) is 0 Å². The molecule has 0 radical (unpaired) electrons. The Balaban J connectivity index is 1.34. The number of rotatable bonds is 11. The molecular formula is C44H46N4S2. The lowest BCUT2D eigenvalue weighted by atomic mass is 9.96. The summed E-state index contributed by atoms with van der Waals surface area (Å²) in [6.07, 6.45) is 4.68. The second-order valence-electron chi connectivity index (χ2n) is 13.3. The quantitative estimate of drug-likeness (QED) is 0.134. The van der Waals surface area contributed by atoms with Gasteiger partial charge in [-0.3, -0.25) is 0 Å². The molecule has 2 heterocycles. The number of anilines is 4. The van der Waals surface area contributed by atoms with Crippen LogP contribution in [0.4, 0.5) is 22.7 Å². The first-order chi connectivity index (χ1) is 24.0. The fourth-order valence-electron chi connectivity index (χ4n) is 5.83. The first-order valence-corrected chi connectivity index (χ1v) is 18.4. The maximum absolute atomic E-state index is 2.34. The Morgan fingerprint density at radius 1 is 0.340 bits per heavy atom. The van der Waals surface area contributed by atoms with E-state index in [0.29, 0.717) is 0 Å². The van der Waals surface area contributed by atoms with Crippen molar-refractivity contribution in [1.29, 1.82) is 0 Å². The highest BCUT2D eigenvalue weighted by Crippen LogP contribution is 2.38. The maximum Gasteiger partial charge on any atom is 0.0449 e. The molecule has 6 aromatic rings. The van der Waals surface area contributed by atoms with Gasteiger partial charge < -0.3 is 19.6 Å². The summed E-state index contributed by atoms with van der Waals surface area (Å²) in [6, 6.07) is 44.4. The van der Waals surface area contributed by atoms with Gasteiger partial charge in [0.05, 0.1) is 0 Å². The predicted molar refractivity (Wildman–Crippen MR) is 225 cm³/mol. The Morgan fingerprint density at radius 3 is 0.800 bits per heavy atom. The van der Waals surface area contributed by atoms with Crippen LogP contribution in [-0.4, -0.2) is 56.4 Å². The average Bonchev–Trinajstić information content (AvgIpc) is 3.80. The van der Waals surface area contributed by atoms with Crippen molar-refractivity contribution in [2.75, 3.05) is 76.0 Å². The molecule has 0 spiro atoms. The molecule has 0 atom stereocenters. The zero-order valence-corrected chi connectivity index (χ0v) is 31.9. The van der Waals surface area contributed by atoms with Crippen LogP contribution in [-0.2, 0) is 0 Å². The van der Waals surface area contributed by atoms with Crippen LogP contribution in [0.2, 0.25) is 0 Å². The zero-order valence-electron chi connectivity index (χ0n) is 30.3. The molecule has 2 aromatic heterocycles. The minimum absolute atomic E-state index is 1.19. The molecule has 6 heteroatoms. The smallest absolute Gasteiger partial charge is 0.0449 e. The van der Waals surface area contributed by atoms with Gasteiger partial charge in [0.15, 0.2) is 0 Å². The van der Waals surface area contributed by atoms with Crippen LogP contribution in [0.1, 0.15) is 32.0 Å². The molecule has 0 fully saturated rings. The summed E-state index contributed by atoms with van der Waals surface area (Å²) in [5.41, 5.74) is 12.0. The minimum Gasteiger partial charge on any atom is -0.378 e. The molecule has 0 aliphatic rings. The molecule has 0 saturated heterocycles. The van der Waals surface area contributed by atoms with Crippen LogP contribution in [0.25, 0.3) is 33.1 Å². The van der Waals surface area contributed by atoms with Gasteiger partial charge in [0.1, 0.15) is 0 Å². The summed E-state index contributed by atoms with van der Waals surface area (Å²) in [6.45, 7) is 0. The topological polar surface area (TPSA) is 13.0 Å². The number of hydrogen-bond donors (Lipinski definition) is 0. The van der Waals surface area contributed by atoms with Crippen LogP contribution in [0, 0.1) is 0 Å². The lowest BCUT2D eigenvalue weighted by molar-refractivity contribution is 1.13. The van der Waals surface area contributed by atoms with E-state index in [2.05, 4.69) is 209 Å². The predicted octanol–water partition coefficient (Wildman–Crippen LogP) is 10.9. The summed E-state index contributed by atoms with van der Waals surface area (Å²) >= 11 is 3.68. The lowest BCUT2D eigenvalue weighted by Crippen LogP contribution is -2.08. The largest absolute Gasteiger partial charge is 0.378 e. The van der Waals surface area contributed by atoms with E-state index in [1.54, 1.807) is 0 Å². The summed E-state index contributed by atoms with van der Waals surface area (Å²) in [5.74, 6) is 0. The second-order valence-corrected chi connectivity index (χ2v) is 15.5. The van der Waals surface area contributed by atoms with Gasteiger partial charge in [-0.15, -0.1) is 22.7 Å². The van der Waals surface area contributed by atoms with Crippen molar-refractivity contribution in [2.45, 2.75) is 0 Å². The average molecular weight is 695 g/mol. The number of hydrogen-bond acceptors (Lipinski definition) is 6. The standard InChI is InChI=1S/C44H46N4S2/c1-45(2)35-17-9-31(10-18-35)41(32-11-19-36(20-12-32)46(3)4)29-39-25-27-43(49-39)44-28-26-40(50-44)30-42(33-13-21-37(22-14-33)47(5)6)34-15-23-38(24-16-34)48(7)8/h9-30H,1-8H3. The summed E-state index contributed by atoms with van der Waals surface area (Å²) in [7, 11) is 16.6. The molecule has 0 unspecified atom stereocenters. The first-order valence-electron chi connectivity index (χ1n) is 16.8. The molecule has 50 heavy (non-hydrogen) atoms. The lowest BCUT2D eigenvalue weighted by Gasteiger charge is -2.16. The van der Waals surface area contributed by atoms with E-state index in [0.717, 1.165) is 0 Å². The first kappa shape index (κ1) is 34.8. The molecule has 6 rings (SSSR count). The van der Waals surface area contributed by atoms with Crippen molar-refractivity contribution in [3.63, 3.8) is 0 Å². The Bertz CT molecular complexity index is 1820. The van der Waals surface area contributed by atoms with Gasteiger partial charge in [-0.25, -0.2) is 0 Å². The maximum atomic E-state index is 2.34. The van der Waals surface area contributed by atoms with Crippen LogP contribution in [0.15, 0.2) is 121 Å². The Morgan fingerprint density at radius 2 is 0.580 bits per heavy atom. The van der Waals surface area contributed by atoms with Gasteiger partial charge in [0.25, 0.3) is 0 Å². The molecule has 4 aromatic carbocycles. The van der Waals surface area contributed by atoms with Crippen molar-refractivity contribution in [2.24, 2.45) is 0 Å². The monoisotopic (exact) mass is 694 g/mol. The zero-order chi connectivity index (χ0) is 35.4. The van der Waals surface area contributed by atoms with E-state index in [1.165, 1.54) is 75.7 Å². The molecule has 0 N–H and O–H groups in total. The Labute approximate surface area is 306 Å². The van der Waals surface area contributed by atoms with Crippen molar-refractivity contribution >= 4 is 68.7 Å². The number of nitrogens with zero attached hydrogens (tertiary/aromatic N) is 4. The highest BCUT2D eigenvalue weighted by atomic mass is 32.1. The molecule has 4 nitrogen and oxygen atoms in total. The third-order valence-corrected chi connectivity index (χ3v) is 11.1. The van der Waals surface area contributed by atoms with Gasteiger partial charge in [0, 0.05) is 98.6 Å². The fraction of sp³-hybridized carbons (Fsp3) is 0.182. The highest BCUT2D eigenvalue weighted by molar-refractivity contribution is 7.23. The minimum atomic E-state index is 1.19. The van der Waals surface area contributed by atoms with Gasteiger partial charge >= 0.3 is 0 Å². The SMILES string of the molecule is CN(C)c1ccc(C(=Cc2ccc(-c3ccc(C=C(c4ccc(N(C)C)cc4)c4ccc(N(C)C)cc4)s3)s2)c2ccc(N(C)C)cc2)cc1. The number of benzene rings is 4. The van der Waals surface area contributed by atoms with Gasteiger partial charge in [-0.1, -0.05) is 48.5 Å². The van der Waals surface area contributed by atoms with Crippen LogP contribution in [0.3, 0.4) is 0 Å². The molecular weight excluding hydrogens is 649 g/mol. The molecule has 0 aliphatic carbocycles. The van der Waals surface area contributed by atoms with E-state index in [1.807, 2.05) is 22.7 Å². The van der Waals surface area contributed by atoms with Crippen molar-refractivity contribution in [3.05, 3.63) is 153 Å². The Hall–Kier alpha value is -5.04. The van der Waals surface area contributed by atoms with Gasteiger partial charge in [0.2, 0.25) is 0 Å². The van der Waals surface area contributed by atoms with E-state index in [9.17, 15) is 0 Å². The van der Waals surface area contributed by atoms with E-state index < -0.39 is 0 Å². The van der Waals surface area contributed by atoms with Crippen LogP contribution >= 0.6 is 22.7 Å². The second kappa shape index (κ2) is 15.2. The molecule has 254 valence electrons. The van der Waals surface area contributed by atoms with E-state index >= 15 is 0 Å². The summed E-state index contributed by atoms with van der Waals surface area (Å²) in [5, 5.41) is 0. The van der Waals surface area contributed by atoms with Crippen LogP contribution < -0.4 is 19.6 Å². The van der Waals surface area contributed by atoms with E-state index in [-0.39, 0.29) is 0 Å². The van der Waals surface area contributed by atoms with Crippen molar-refractivity contribution in [3.8, 4) is 9.75 Å². The third-order valence-electron chi connectivity index (χ3n) is 8.85.